The van der Waals surface area contributed by atoms with Crippen molar-refractivity contribution in [1.82, 2.24) is 0 Å². The fourth-order valence-corrected chi connectivity index (χ4v) is 7.89. The van der Waals surface area contributed by atoms with Crippen LogP contribution in [0.25, 0.3) is 87.6 Å². The molecule has 0 atom stereocenters. The number of ether oxygens (including phenoxy) is 1. The van der Waals surface area contributed by atoms with Gasteiger partial charge >= 0.3 is 0 Å². The van der Waals surface area contributed by atoms with Crippen molar-refractivity contribution in [3.05, 3.63) is 170 Å². The van der Waals surface area contributed by atoms with Crippen molar-refractivity contribution in [2.24, 2.45) is 0 Å². The third-order valence-electron chi connectivity index (χ3n) is 9.86. The van der Waals surface area contributed by atoms with Crippen LogP contribution in [-0.2, 0) is 0 Å². The van der Waals surface area contributed by atoms with Gasteiger partial charge in [-0.15, -0.1) is 0 Å². The van der Waals surface area contributed by atoms with E-state index < -0.39 is 0 Å². The molecule has 0 aliphatic carbocycles. The van der Waals surface area contributed by atoms with E-state index in [1.807, 2.05) is 6.07 Å². The Kier molecular flexibility index (Phi) is 5.64. The van der Waals surface area contributed by atoms with Crippen molar-refractivity contribution in [1.29, 1.82) is 0 Å². The predicted molar refractivity (Wildman–Crippen MR) is 198 cm³/mol. The van der Waals surface area contributed by atoms with Crippen LogP contribution in [-0.4, -0.2) is 0 Å². The highest BCUT2D eigenvalue weighted by Gasteiger charge is 2.25. The molecule has 0 bridgehead atoms. The summed E-state index contributed by atoms with van der Waals surface area (Å²) in [6.07, 6.45) is 0. The van der Waals surface area contributed by atoms with Crippen molar-refractivity contribution in [2.45, 2.75) is 0 Å². The van der Waals surface area contributed by atoms with Gasteiger partial charge < -0.3 is 4.74 Å². The fourth-order valence-electron chi connectivity index (χ4n) is 7.89. The van der Waals surface area contributed by atoms with Crippen LogP contribution in [0.2, 0.25) is 0 Å². The second-order valence-electron chi connectivity index (χ2n) is 12.4. The minimum Gasteiger partial charge on any atom is -0.456 e. The van der Waals surface area contributed by atoms with Crippen molar-refractivity contribution in [3.63, 3.8) is 0 Å². The van der Waals surface area contributed by atoms with E-state index in [1.54, 1.807) is 0 Å². The van der Waals surface area contributed by atoms with Gasteiger partial charge in [-0.2, -0.15) is 0 Å². The molecule has 1 heteroatoms. The molecule has 0 spiro atoms. The largest absolute Gasteiger partial charge is 0.456 e. The molecule has 0 saturated carbocycles. The summed E-state index contributed by atoms with van der Waals surface area (Å²) in [4.78, 5) is 0. The second-order valence-corrected chi connectivity index (χ2v) is 12.4. The monoisotopic (exact) mass is 596 g/mol. The molecule has 0 fully saturated rings. The Morgan fingerprint density at radius 2 is 0.851 bits per heavy atom. The Morgan fingerprint density at radius 1 is 0.277 bits per heavy atom. The quantitative estimate of drug-likeness (QED) is 0.184. The van der Waals surface area contributed by atoms with E-state index in [9.17, 15) is 0 Å². The molecular weight excluding hydrogens is 569 g/mol. The molecule has 0 amide bonds. The molecule has 9 aromatic rings. The summed E-state index contributed by atoms with van der Waals surface area (Å²) in [6, 6.07) is 61.5. The lowest BCUT2D eigenvalue weighted by Gasteiger charge is -2.24. The lowest BCUT2D eigenvalue weighted by molar-refractivity contribution is 0.487. The first-order chi connectivity index (χ1) is 23.3. The first-order valence-electron chi connectivity index (χ1n) is 16.2. The van der Waals surface area contributed by atoms with E-state index in [4.69, 9.17) is 4.74 Å². The van der Waals surface area contributed by atoms with Crippen molar-refractivity contribution in [3.8, 4) is 56.0 Å². The number of hydrogen-bond acceptors (Lipinski definition) is 1. The van der Waals surface area contributed by atoms with Gasteiger partial charge in [0.05, 0.1) is 0 Å². The van der Waals surface area contributed by atoms with Crippen LogP contribution >= 0.6 is 0 Å². The predicted octanol–water partition coefficient (Wildman–Crippen LogP) is 13.1. The van der Waals surface area contributed by atoms with Crippen LogP contribution in [0, 0.1) is 0 Å². The Hall–Kier alpha value is -6.18. The summed E-state index contributed by atoms with van der Waals surface area (Å²) in [5.74, 6) is 1.82. The van der Waals surface area contributed by atoms with Crippen LogP contribution in [0.3, 0.4) is 0 Å². The lowest BCUT2D eigenvalue weighted by Crippen LogP contribution is -1.98. The van der Waals surface area contributed by atoms with E-state index in [0.29, 0.717) is 0 Å². The average molecular weight is 597 g/mol. The zero-order valence-electron chi connectivity index (χ0n) is 25.6. The van der Waals surface area contributed by atoms with Crippen LogP contribution in [0.4, 0.5) is 0 Å². The summed E-state index contributed by atoms with van der Waals surface area (Å²) in [5.41, 5.74) is 9.83. The summed E-state index contributed by atoms with van der Waals surface area (Å²) in [6.45, 7) is 0. The maximum Gasteiger partial charge on any atom is 0.135 e. The highest BCUT2D eigenvalue weighted by atomic mass is 16.5. The van der Waals surface area contributed by atoms with Gasteiger partial charge in [-0.25, -0.2) is 0 Å². The second kappa shape index (κ2) is 10.2. The normalized spacial score (nSPS) is 12.0. The molecule has 47 heavy (non-hydrogen) atoms. The zero-order valence-corrected chi connectivity index (χ0v) is 25.6. The van der Waals surface area contributed by atoms with Gasteiger partial charge in [0.2, 0.25) is 0 Å². The number of benzene rings is 9. The molecule has 218 valence electrons. The smallest absolute Gasteiger partial charge is 0.135 e. The lowest BCUT2D eigenvalue weighted by atomic mass is 9.81. The van der Waals surface area contributed by atoms with E-state index in [2.05, 4.69) is 164 Å². The van der Waals surface area contributed by atoms with E-state index in [1.165, 1.54) is 82.0 Å². The van der Waals surface area contributed by atoms with Crippen molar-refractivity contribution < 1.29 is 4.74 Å². The number of hydrogen-bond donors (Lipinski definition) is 0. The van der Waals surface area contributed by atoms with Crippen LogP contribution < -0.4 is 4.74 Å². The topological polar surface area (TPSA) is 9.23 Å². The van der Waals surface area contributed by atoms with Gasteiger partial charge in [0.25, 0.3) is 0 Å². The average Bonchev–Trinajstić information content (AvgIpc) is 3.14. The fraction of sp³-hybridized carbons (Fsp3) is 0. The Labute approximate surface area is 272 Å². The zero-order chi connectivity index (χ0) is 30.9. The highest BCUT2D eigenvalue weighted by molar-refractivity contribution is 6.27. The first kappa shape index (κ1) is 26.1. The van der Waals surface area contributed by atoms with Crippen molar-refractivity contribution in [2.75, 3.05) is 0 Å². The Balaban J connectivity index is 1.36. The standard InChI is InChI=1S/C46H28O/c1-2-13-29(14-3-1)32-26-25-30-15-4-5-16-31(30)45(32)46-38-20-8-6-18-35(38)43(36-19-7-9-21-39(36)46)40-27-28-42-44-34(22-12-23-37(40)44)33-17-10-11-24-41(33)47-42/h1-28H. The SMILES string of the molecule is c1ccc(-c2ccc3ccccc3c2-c2c3ccccc3c(-c3ccc4c5c(cccc35)-c3ccccc3O4)c3ccccc23)cc1. The molecule has 0 aromatic heterocycles. The first-order valence-corrected chi connectivity index (χ1v) is 16.2. The van der Waals surface area contributed by atoms with E-state index in [-0.39, 0.29) is 0 Å². The molecule has 9 aromatic carbocycles. The summed E-state index contributed by atoms with van der Waals surface area (Å²) >= 11 is 0. The van der Waals surface area contributed by atoms with E-state index in [0.717, 1.165) is 17.1 Å². The maximum absolute atomic E-state index is 6.49. The molecule has 0 saturated heterocycles. The van der Waals surface area contributed by atoms with Gasteiger partial charge in [-0.1, -0.05) is 152 Å². The van der Waals surface area contributed by atoms with Crippen LogP contribution in [0.5, 0.6) is 11.5 Å². The number of fused-ring (bicyclic) bond motifs is 5. The number of rotatable bonds is 3. The number of para-hydroxylation sites is 1. The summed E-state index contributed by atoms with van der Waals surface area (Å²) < 4.78 is 6.49. The third kappa shape index (κ3) is 3.84. The Morgan fingerprint density at radius 3 is 1.62 bits per heavy atom. The molecule has 1 heterocycles. The maximum atomic E-state index is 6.49. The molecule has 1 aliphatic heterocycles. The molecular formula is C46H28O. The van der Waals surface area contributed by atoms with Gasteiger partial charge in [0.1, 0.15) is 11.5 Å². The Bertz CT molecular complexity index is 2640. The molecule has 0 radical (unpaired) electrons. The minimum absolute atomic E-state index is 0.907. The third-order valence-corrected chi connectivity index (χ3v) is 9.86. The van der Waals surface area contributed by atoms with Crippen molar-refractivity contribution >= 4 is 43.1 Å². The summed E-state index contributed by atoms with van der Waals surface area (Å²) in [5, 5.41) is 9.84. The highest BCUT2D eigenvalue weighted by Crippen LogP contribution is 2.52. The van der Waals surface area contributed by atoms with Gasteiger partial charge in [0, 0.05) is 10.9 Å². The minimum atomic E-state index is 0.907. The van der Waals surface area contributed by atoms with E-state index >= 15 is 0 Å². The van der Waals surface area contributed by atoms with Crippen LogP contribution in [0.15, 0.2) is 170 Å². The molecule has 0 N–H and O–H groups in total. The molecule has 0 unspecified atom stereocenters. The summed E-state index contributed by atoms with van der Waals surface area (Å²) in [7, 11) is 0. The van der Waals surface area contributed by atoms with Gasteiger partial charge in [0.15, 0.2) is 0 Å². The molecule has 10 rings (SSSR count). The van der Waals surface area contributed by atoms with Crippen LogP contribution in [0.1, 0.15) is 0 Å². The molecule has 1 nitrogen and oxygen atoms in total. The van der Waals surface area contributed by atoms with Gasteiger partial charge in [-0.05, 0) is 94.8 Å². The molecule has 1 aliphatic rings. The van der Waals surface area contributed by atoms with Gasteiger partial charge in [-0.3, -0.25) is 0 Å².